The van der Waals surface area contributed by atoms with Crippen molar-refractivity contribution in [3.05, 3.63) is 62.0 Å². The van der Waals surface area contributed by atoms with Crippen LogP contribution in [0.1, 0.15) is 57.0 Å². The van der Waals surface area contributed by atoms with Crippen LogP contribution in [0.15, 0.2) is 29.1 Å². The van der Waals surface area contributed by atoms with Gasteiger partial charge in [0.2, 0.25) is 0 Å². The molecule has 0 spiro atoms. The van der Waals surface area contributed by atoms with Crippen molar-refractivity contribution in [1.82, 2.24) is 15.8 Å². The second-order valence-corrected chi connectivity index (χ2v) is 8.03. The van der Waals surface area contributed by atoms with E-state index in [0.29, 0.717) is 29.1 Å². The van der Waals surface area contributed by atoms with Gasteiger partial charge in [-0.2, -0.15) is 0 Å². The summed E-state index contributed by atoms with van der Waals surface area (Å²) in [7, 11) is 1.38. The van der Waals surface area contributed by atoms with Crippen molar-refractivity contribution < 1.29 is 19.1 Å². The average Bonchev–Trinajstić information content (AvgIpc) is 2.64. The van der Waals surface area contributed by atoms with Crippen LogP contribution in [0.4, 0.5) is 0 Å². The van der Waals surface area contributed by atoms with Gasteiger partial charge in [-0.05, 0) is 36.1 Å². The number of methoxy groups -OCH3 is 1. The normalized spacial score (nSPS) is 14.7. The summed E-state index contributed by atoms with van der Waals surface area (Å²) in [4.78, 5) is 52.1. The zero-order valence-electron chi connectivity index (χ0n) is 16.1. The number of aromatic amines is 1. The molecule has 152 valence electrons. The molecule has 29 heavy (non-hydrogen) atoms. The molecule has 1 aliphatic rings. The van der Waals surface area contributed by atoms with Crippen LogP contribution >= 0.6 is 11.6 Å². The fourth-order valence-electron chi connectivity index (χ4n) is 3.30. The molecule has 0 atom stereocenters. The van der Waals surface area contributed by atoms with Crippen LogP contribution in [0.2, 0.25) is 5.02 Å². The van der Waals surface area contributed by atoms with E-state index < -0.39 is 17.4 Å². The van der Waals surface area contributed by atoms with Crippen LogP contribution in [0.25, 0.3) is 0 Å². The molecule has 0 bridgehead atoms. The van der Waals surface area contributed by atoms with Crippen molar-refractivity contribution in [2.24, 2.45) is 5.41 Å². The van der Waals surface area contributed by atoms with E-state index in [-0.39, 0.29) is 28.1 Å². The largest absolute Gasteiger partial charge is 0.496 e. The maximum atomic E-state index is 12.4. The quantitative estimate of drug-likeness (QED) is 0.662. The number of rotatable bonds is 3. The van der Waals surface area contributed by atoms with Gasteiger partial charge < -0.3 is 9.72 Å². The third kappa shape index (κ3) is 4.32. The number of ether oxygens (including phenoxy) is 1. The Morgan fingerprint density at radius 2 is 1.72 bits per heavy atom. The Bertz CT molecular complexity index is 1070. The first-order valence-corrected chi connectivity index (χ1v) is 9.23. The van der Waals surface area contributed by atoms with Gasteiger partial charge in [0, 0.05) is 22.7 Å². The number of benzene rings is 1. The summed E-state index contributed by atoms with van der Waals surface area (Å²) in [6.45, 7) is 3.88. The Kier molecular flexibility index (Phi) is 5.48. The first-order valence-electron chi connectivity index (χ1n) is 8.85. The van der Waals surface area contributed by atoms with Gasteiger partial charge in [0.05, 0.1) is 12.7 Å². The van der Waals surface area contributed by atoms with Crippen molar-refractivity contribution in [3.63, 3.8) is 0 Å². The molecule has 0 saturated carbocycles. The van der Waals surface area contributed by atoms with Crippen molar-refractivity contribution >= 4 is 29.2 Å². The first kappa shape index (κ1) is 20.6. The molecular weight excluding hydrogens is 398 g/mol. The standard InChI is InChI=1S/C20H20ClN3O5/c1-20(2)8-14-12(15(25)9-20)7-13(17(26)22-14)19(28)24-23-18(27)11-5-4-10(21)6-16(11)29-3/h4-7H,8-9H2,1-3H3,(H,22,26)(H,23,27)(H,24,28). The molecule has 0 radical (unpaired) electrons. The number of Topliss-reactive ketones (excluding diaryl/α,β-unsaturated/α-hetero) is 1. The Balaban J connectivity index is 1.78. The highest BCUT2D eigenvalue weighted by atomic mass is 35.5. The van der Waals surface area contributed by atoms with Gasteiger partial charge in [0.25, 0.3) is 17.4 Å². The summed E-state index contributed by atoms with van der Waals surface area (Å²) in [6, 6.07) is 5.67. The lowest BCUT2D eigenvalue weighted by Gasteiger charge is -2.29. The third-order valence-electron chi connectivity index (χ3n) is 4.66. The number of carbonyl (C=O) groups is 3. The highest BCUT2D eigenvalue weighted by Gasteiger charge is 2.32. The molecule has 9 heteroatoms. The number of hydrogen-bond acceptors (Lipinski definition) is 5. The van der Waals surface area contributed by atoms with Gasteiger partial charge in [0.1, 0.15) is 11.3 Å². The van der Waals surface area contributed by atoms with Crippen LogP contribution in [0.3, 0.4) is 0 Å². The lowest BCUT2D eigenvalue weighted by atomic mass is 9.75. The lowest BCUT2D eigenvalue weighted by Crippen LogP contribution is -2.44. The van der Waals surface area contributed by atoms with E-state index in [2.05, 4.69) is 15.8 Å². The van der Waals surface area contributed by atoms with E-state index >= 15 is 0 Å². The molecule has 1 heterocycles. The molecule has 0 unspecified atom stereocenters. The number of fused-ring (bicyclic) bond motifs is 1. The number of H-pyrrole nitrogens is 1. The van der Waals surface area contributed by atoms with E-state index in [1.54, 1.807) is 0 Å². The minimum absolute atomic E-state index is 0.142. The molecule has 8 nitrogen and oxygen atoms in total. The SMILES string of the molecule is COc1cc(Cl)ccc1C(=O)NNC(=O)c1cc2c([nH]c1=O)CC(C)(C)CC2=O. The maximum Gasteiger partial charge on any atom is 0.275 e. The number of nitrogens with one attached hydrogen (secondary N) is 3. The minimum atomic E-state index is -0.840. The highest BCUT2D eigenvalue weighted by Crippen LogP contribution is 2.33. The Hall–Kier alpha value is -3.13. The minimum Gasteiger partial charge on any atom is -0.496 e. The molecule has 0 fully saturated rings. The average molecular weight is 418 g/mol. The first-order chi connectivity index (χ1) is 13.6. The van der Waals surface area contributed by atoms with Crippen LogP contribution in [-0.4, -0.2) is 29.7 Å². The predicted molar refractivity (Wildman–Crippen MR) is 106 cm³/mol. The summed E-state index contributed by atoms with van der Waals surface area (Å²) in [6.07, 6.45) is 0.846. The summed E-state index contributed by atoms with van der Waals surface area (Å²) < 4.78 is 5.10. The number of ketones is 1. The van der Waals surface area contributed by atoms with Gasteiger partial charge in [-0.25, -0.2) is 0 Å². The van der Waals surface area contributed by atoms with Crippen molar-refractivity contribution in [1.29, 1.82) is 0 Å². The zero-order valence-corrected chi connectivity index (χ0v) is 16.9. The summed E-state index contributed by atoms with van der Waals surface area (Å²) >= 11 is 5.87. The molecule has 2 amide bonds. The molecule has 3 rings (SSSR count). The van der Waals surface area contributed by atoms with Crippen molar-refractivity contribution in [3.8, 4) is 5.75 Å². The summed E-state index contributed by atoms with van der Waals surface area (Å²) in [5, 5.41) is 0.385. The molecule has 1 aromatic heterocycles. The number of halogens is 1. The van der Waals surface area contributed by atoms with Crippen LogP contribution in [-0.2, 0) is 6.42 Å². The lowest BCUT2D eigenvalue weighted by molar-refractivity contribution is 0.0843. The van der Waals surface area contributed by atoms with Crippen LogP contribution in [0.5, 0.6) is 5.75 Å². The predicted octanol–water partition coefficient (Wildman–Crippen LogP) is 2.27. The van der Waals surface area contributed by atoms with Crippen LogP contribution in [0, 0.1) is 5.41 Å². The van der Waals surface area contributed by atoms with Gasteiger partial charge in [-0.3, -0.25) is 30.0 Å². The van der Waals surface area contributed by atoms with E-state index in [1.807, 2.05) is 13.8 Å². The Morgan fingerprint density at radius 3 is 2.38 bits per heavy atom. The molecule has 0 saturated heterocycles. The fourth-order valence-corrected chi connectivity index (χ4v) is 3.46. The van der Waals surface area contributed by atoms with Gasteiger partial charge in [-0.15, -0.1) is 0 Å². The van der Waals surface area contributed by atoms with Crippen molar-refractivity contribution in [2.75, 3.05) is 7.11 Å². The third-order valence-corrected chi connectivity index (χ3v) is 4.90. The smallest absolute Gasteiger partial charge is 0.275 e. The highest BCUT2D eigenvalue weighted by molar-refractivity contribution is 6.30. The number of carbonyl (C=O) groups excluding carboxylic acids is 3. The number of hydrazine groups is 1. The Labute approximate surface area is 171 Å². The molecule has 0 aliphatic heterocycles. The molecule has 2 aromatic rings. The number of hydrogen-bond donors (Lipinski definition) is 3. The van der Waals surface area contributed by atoms with E-state index in [4.69, 9.17) is 16.3 Å². The van der Waals surface area contributed by atoms with E-state index in [9.17, 15) is 19.2 Å². The van der Waals surface area contributed by atoms with Gasteiger partial charge in [-0.1, -0.05) is 25.4 Å². The number of aromatic nitrogens is 1. The fraction of sp³-hybridized carbons (Fsp3) is 0.300. The summed E-state index contributed by atoms with van der Waals surface area (Å²) in [5.41, 5.74) is 4.23. The van der Waals surface area contributed by atoms with Crippen molar-refractivity contribution in [2.45, 2.75) is 26.7 Å². The van der Waals surface area contributed by atoms with E-state index in [1.165, 1.54) is 31.4 Å². The molecule has 3 N–H and O–H groups in total. The summed E-state index contributed by atoms with van der Waals surface area (Å²) in [5.74, 6) is -1.41. The molecule has 1 aromatic carbocycles. The molecular formula is C20H20ClN3O5. The second-order valence-electron chi connectivity index (χ2n) is 7.60. The van der Waals surface area contributed by atoms with E-state index in [0.717, 1.165) is 0 Å². The maximum absolute atomic E-state index is 12.4. The second kappa shape index (κ2) is 7.71. The molecule has 1 aliphatic carbocycles. The topological polar surface area (TPSA) is 117 Å². The monoisotopic (exact) mass is 417 g/mol. The van der Waals surface area contributed by atoms with Gasteiger partial charge in [0.15, 0.2) is 5.78 Å². The zero-order chi connectivity index (χ0) is 21.3. The van der Waals surface area contributed by atoms with Crippen LogP contribution < -0.4 is 21.1 Å². The van der Waals surface area contributed by atoms with Gasteiger partial charge >= 0.3 is 0 Å². The number of pyridine rings is 1. The Morgan fingerprint density at radius 1 is 1.07 bits per heavy atom. The number of amides is 2.